The van der Waals surface area contributed by atoms with Crippen molar-refractivity contribution in [3.63, 3.8) is 0 Å². The monoisotopic (exact) mass is 1210 g/mol. The first kappa shape index (κ1) is 57.2. The van der Waals surface area contributed by atoms with Gasteiger partial charge in [-0.15, -0.1) is 34.0 Å². The molecule has 12 rings (SSSR count). The number of rotatable bonds is 15. The van der Waals surface area contributed by atoms with Crippen molar-refractivity contribution in [2.75, 3.05) is 96.1 Å². The van der Waals surface area contributed by atoms with E-state index in [9.17, 15) is 38.4 Å². The number of aromatic nitrogens is 6. The normalized spacial score (nSPS) is 16.7. The molecule has 0 radical (unpaired) electrons. The second kappa shape index (κ2) is 25.1. The molecule has 3 atom stereocenters. The number of halogens is 3. The summed E-state index contributed by atoms with van der Waals surface area (Å²) >= 11 is 3.70. The van der Waals surface area contributed by atoms with Crippen LogP contribution in [-0.4, -0.2) is 112 Å². The van der Waals surface area contributed by atoms with Gasteiger partial charge in [-0.05, 0) is 71.8 Å². The van der Waals surface area contributed by atoms with Gasteiger partial charge in [-0.3, -0.25) is 24.5 Å². The van der Waals surface area contributed by atoms with Gasteiger partial charge in [-0.25, -0.2) is 15.0 Å². The highest BCUT2D eigenvalue weighted by atomic mass is 32.1. The number of nitriles is 2. The molecule has 0 spiro atoms. The highest BCUT2D eigenvalue weighted by Crippen LogP contribution is 2.40. The van der Waals surface area contributed by atoms with E-state index in [4.69, 9.17) is 4.98 Å². The van der Waals surface area contributed by atoms with Gasteiger partial charge in [-0.2, -0.15) is 23.7 Å². The topological polar surface area (TPSA) is 261 Å². The predicted octanol–water partition coefficient (Wildman–Crippen LogP) is 9.32. The number of amides is 2. The van der Waals surface area contributed by atoms with Gasteiger partial charge in [0.25, 0.3) is 11.8 Å². The van der Waals surface area contributed by atoms with Crippen LogP contribution in [0.4, 0.5) is 47.3 Å². The number of aliphatic hydroxyl groups is 1. The molecule has 7 N–H and O–H groups in total. The number of nitrogens with zero attached hydrogens (tertiary/aromatic N) is 11. The number of nitrogens with one attached hydrogen (secondary N) is 6. The van der Waals surface area contributed by atoms with E-state index in [0.717, 1.165) is 72.2 Å². The molecule has 3 aromatic carbocycles. The summed E-state index contributed by atoms with van der Waals surface area (Å²) in [4.78, 5) is 61.0. The van der Waals surface area contributed by atoms with E-state index in [0.29, 0.717) is 92.8 Å². The Morgan fingerprint density at radius 2 is 1.16 bits per heavy atom. The zero-order valence-electron chi connectivity index (χ0n) is 45.5. The van der Waals surface area contributed by atoms with E-state index < -0.39 is 35.8 Å². The summed E-state index contributed by atoms with van der Waals surface area (Å²) < 4.78 is 44.1. The standard InChI is InChI=1S/C60H52F3N17O3S3/c61-60(62,63)40-23-38(22-39(24-40)58-76-49(33-85-58)55(82)72-43-27-67-10-7-51(43)78-17-13-66-14-18-78)46-30-79(19-15-70-46)52-8-11-68-28-44(52)74-56(83)50-34-86-59(77-50)42-21-36(26-65)3-6-41(42)47-31-80(20-16-71-47)53-9-12-69-29-45(53)73-54(81)48-32-84-57(75-48)37-4-1-35(25-64)2-5-37/h1-12,21-24,27-29,32-34,46-47,55,66,70-72,82H,13-20,30-31H2,(H,73,81)(H,74,83). The largest absolute Gasteiger partial charge is 0.416 e. The number of aliphatic hydroxyl groups excluding tert-OH is 1. The summed E-state index contributed by atoms with van der Waals surface area (Å²) in [5, 5.41) is 56.4. The smallest absolute Gasteiger partial charge is 0.368 e. The third-order valence-corrected chi connectivity index (χ3v) is 17.6. The number of thiazole rings is 3. The van der Waals surface area contributed by atoms with Gasteiger partial charge < -0.3 is 51.7 Å². The number of hydrogen-bond donors (Lipinski definition) is 7. The Balaban J connectivity index is 0.731. The maximum absolute atomic E-state index is 14.7. The molecule has 20 nitrogen and oxygen atoms in total. The van der Waals surface area contributed by atoms with Crippen LogP contribution in [-0.2, 0) is 6.18 Å². The van der Waals surface area contributed by atoms with Crippen LogP contribution in [0.5, 0.6) is 0 Å². The van der Waals surface area contributed by atoms with Crippen LogP contribution in [0, 0.1) is 22.7 Å². The molecule has 3 aliphatic heterocycles. The highest BCUT2D eigenvalue weighted by Gasteiger charge is 2.34. The maximum Gasteiger partial charge on any atom is 0.416 e. The molecule has 434 valence electrons. The second-order valence-electron chi connectivity index (χ2n) is 20.4. The predicted molar refractivity (Wildman–Crippen MR) is 325 cm³/mol. The summed E-state index contributed by atoms with van der Waals surface area (Å²) in [6.45, 7) is 5.87. The van der Waals surface area contributed by atoms with Gasteiger partial charge in [0.05, 0.1) is 87.6 Å². The van der Waals surface area contributed by atoms with Crippen molar-refractivity contribution in [1.82, 2.24) is 45.9 Å². The Morgan fingerprint density at radius 3 is 1.80 bits per heavy atom. The molecule has 9 heterocycles. The quantitative estimate of drug-likeness (QED) is 0.0472. The van der Waals surface area contributed by atoms with Crippen LogP contribution < -0.4 is 46.6 Å². The van der Waals surface area contributed by atoms with Crippen LogP contribution in [0.15, 0.2) is 132 Å². The lowest BCUT2D eigenvalue weighted by molar-refractivity contribution is -0.137. The number of piperazine rings is 3. The molecule has 9 aromatic rings. The Kier molecular flexibility index (Phi) is 16.7. The molecule has 3 saturated heterocycles. The summed E-state index contributed by atoms with van der Waals surface area (Å²) in [5.41, 5.74) is 7.29. The Morgan fingerprint density at radius 1 is 0.616 bits per heavy atom. The number of anilines is 6. The molecule has 86 heavy (non-hydrogen) atoms. The van der Waals surface area contributed by atoms with Crippen LogP contribution >= 0.6 is 34.0 Å². The molecular weight excluding hydrogens is 1160 g/mol. The minimum atomic E-state index is -4.67. The number of carbonyl (C=O) groups excluding carboxylic acids is 2. The van der Waals surface area contributed by atoms with Gasteiger partial charge in [0, 0.05) is 123 Å². The van der Waals surface area contributed by atoms with Crippen LogP contribution in [0.25, 0.3) is 31.7 Å². The number of alkyl halides is 3. The Labute approximate surface area is 503 Å². The molecule has 0 bridgehead atoms. The van der Waals surface area contributed by atoms with Crippen molar-refractivity contribution >= 4 is 79.9 Å². The van der Waals surface area contributed by atoms with Crippen molar-refractivity contribution in [3.05, 3.63) is 177 Å². The molecule has 0 saturated carbocycles. The van der Waals surface area contributed by atoms with Crippen molar-refractivity contribution < 1.29 is 27.9 Å². The lowest BCUT2D eigenvalue weighted by Crippen LogP contribution is -2.46. The molecule has 0 aliphatic carbocycles. The van der Waals surface area contributed by atoms with E-state index >= 15 is 0 Å². The molecular formula is C60H52F3N17O3S3. The minimum Gasteiger partial charge on any atom is -0.368 e. The number of pyridine rings is 3. The first-order valence-corrected chi connectivity index (χ1v) is 30.0. The minimum absolute atomic E-state index is 0.119. The molecule has 3 aliphatic rings. The van der Waals surface area contributed by atoms with Crippen LogP contribution in [0.3, 0.4) is 0 Å². The summed E-state index contributed by atoms with van der Waals surface area (Å²) in [7, 11) is 0. The third kappa shape index (κ3) is 12.6. The van der Waals surface area contributed by atoms with E-state index in [1.165, 1.54) is 28.9 Å². The fourth-order valence-electron chi connectivity index (χ4n) is 10.7. The molecule has 2 amide bonds. The third-order valence-electron chi connectivity index (χ3n) is 14.9. The summed E-state index contributed by atoms with van der Waals surface area (Å²) in [6, 6.07) is 25.2. The van der Waals surface area contributed by atoms with Gasteiger partial charge in [-0.1, -0.05) is 18.2 Å². The molecule has 26 heteroatoms. The number of hydrogen-bond acceptors (Lipinski definition) is 21. The van der Waals surface area contributed by atoms with Gasteiger partial charge in [0.1, 0.15) is 32.1 Å². The number of carbonyl (C=O) groups is 2. The summed E-state index contributed by atoms with van der Waals surface area (Å²) in [5.74, 6) is -0.923. The van der Waals surface area contributed by atoms with E-state index in [1.807, 2.05) is 23.1 Å². The fourth-order valence-corrected chi connectivity index (χ4v) is 13.1. The first-order valence-electron chi connectivity index (χ1n) is 27.3. The van der Waals surface area contributed by atoms with Crippen molar-refractivity contribution in [3.8, 4) is 43.9 Å². The van der Waals surface area contributed by atoms with E-state index in [2.05, 4.69) is 78.8 Å². The zero-order valence-corrected chi connectivity index (χ0v) is 48.0. The van der Waals surface area contributed by atoms with E-state index in [1.54, 1.807) is 95.7 Å². The Bertz CT molecular complexity index is 4040. The highest BCUT2D eigenvalue weighted by molar-refractivity contribution is 7.14. The SMILES string of the molecule is N#Cc1ccc(-c2nc(C(=O)Nc3cnccc3N3CCNC(c4ccc(C#N)cc4-c4nc(C(=O)Nc5cnccc5N5CCNC(c6cc(-c7nc(C(O)Nc8cnccc8N8CCNCC8)cs7)cc(C(F)(F)F)c6)C5)cs4)C3)cs2)cc1. The van der Waals surface area contributed by atoms with Gasteiger partial charge >= 0.3 is 6.18 Å². The van der Waals surface area contributed by atoms with Crippen molar-refractivity contribution in [2.24, 2.45) is 0 Å². The fraction of sp³-hybridized carbons (Fsp3) is 0.233. The average molecular weight is 1210 g/mol. The zero-order chi connectivity index (χ0) is 59.3. The second-order valence-corrected chi connectivity index (χ2v) is 22.9. The van der Waals surface area contributed by atoms with Crippen molar-refractivity contribution in [2.45, 2.75) is 24.5 Å². The first-order chi connectivity index (χ1) is 41.8. The molecule has 3 unspecified atom stereocenters. The lowest BCUT2D eigenvalue weighted by atomic mass is 9.96. The maximum atomic E-state index is 14.7. The lowest BCUT2D eigenvalue weighted by Gasteiger charge is -2.37. The average Bonchev–Trinajstić information content (AvgIpc) is 4.06. The van der Waals surface area contributed by atoms with Crippen LogP contribution in [0.2, 0.25) is 0 Å². The van der Waals surface area contributed by atoms with Gasteiger partial charge in [0.15, 0.2) is 6.23 Å². The Hall–Kier alpha value is -9.25. The van der Waals surface area contributed by atoms with Crippen LogP contribution in [0.1, 0.15) is 72.8 Å². The molecule has 6 aromatic heterocycles. The summed E-state index contributed by atoms with van der Waals surface area (Å²) in [6.07, 6.45) is 3.73. The number of benzene rings is 3. The molecule has 3 fully saturated rings. The van der Waals surface area contributed by atoms with E-state index in [-0.39, 0.29) is 35.2 Å². The van der Waals surface area contributed by atoms with Crippen molar-refractivity contribution in [1.29, 1.82) is 10.5 Å². The van der Waals surface area contributed by atoms with Gasteiger partial charge in [0.2, 0.25) is 0 Å².